The van der Waals surface area contributed by atoms with Gasteiger partial charge in [-0.05, 0) is 37.0 Å². The first kappa shape index (κ1) is 17.0. The van der Waals surface area contributed by atoms with E-state index in [1.165, 1.54) is 5.56 Å². The molecular formula is C15H22ClNO3. The van der Waals surface area contributed by atoms with Gasteiger partial charge >= 0.3 is 5.97 Å². The number of rotatable bonds is 9. The highest BCUT2D eigenvalue weighted by Crippen LogP contribution is 2.12. The Bertz CT molecular complexity index is 395. The van der Waals surface area contributed by atoms with Crippen molar-refractivity contribution in [1.82, 2.24) is 0 Å². The maximum Gasteiger partial charge on any atom is 0.322 e. The van der Waals surface area contributed by atoms with Crippen LogP contribution in [0, 0.1) is 0 Å². The highest BCUT2D eigenvalue weighted by Gasteiger charge is 2.14. The number of hydrogen-bond acceptors (Lipinski definition) is 4. The van der Waals surface area contributed by atoms with Gasteiger partial charge in [-0.3, -0.25) is 4.79 Å². The zero-order chi connectivity index (χ0) is 14.8. The molecular weight excluding hydrogens is 278 g/mol. The fourth-order valence-electron chi connectivity index (χ4n) is 1.81. The van der Waals surface area contributed by atoms with E-state index in [1.807, 2.05) is 24.3 Å². The summed E-state index contributed by atoms with van der Waals surface area (Å²) in [6, 6.07) is 7.19. The second-order valence-electron chi connectivity index (χ2n) is 4.72. The summed E-state index contributed by atoms with van der Waals surface area (Å²) in [5, 5.41) is 9.32. The Balaban J connectivity index is 2.13. The molecule has 0 heterocycles. The minimum Gasteiger partial charge on any atom is -0.464 e. The van der Waals surface area contributed by atoms with Crippen LogP contribution in [-0.4, -0.2) is 30.3 Å². The molecule has 4 nitrogen and oxygen atoms in total. The maximum absolute atomic E-state index is 11.5. The van der Waals surface area contributed by atoms with Crippen molar-refractivity contribution in [3.8, 4) is 0 Å². The monoisotopic (exact) mass is 299 g/mol. The van der Waals surface area contributed by atoms with Gasteiger partial charge in [-0.1, -0.05) is 30.2 Å². The number of carbonyl (C=O) groups excluding carboxylic acids is 1. The summed E-state index contributed by atoms with van der Waals surface area (Å²) in [5.74, 6) is -0.384. The average molecular weight is 300 g/mol. The Kier molecular flexibility index (Phi) is 8.26. The number of nitrogens with two attached hydrogens (primary N) is 1. The Hall–Kier alpha value is -1.10. The van der Waals surface area contributed by atoms with Crippen molar-refractivity contribution in [2.75, 3.05) is 13.2 Å². The normalized spacial score (nSPS) is 12.2. The van der Waals surface area contributed by atoms with Gasteiger partial charge in [0.15, 0.2) is 0 Å². The Morgan fingerprint density at radius 1 is 1.25 bits per heavy atom. The summed E-state index contributed by atoms with van der Waals surface area (Å²) in [6.45, 7) is 0.247. The molecule has 0 aliphatic carbocycles. The first-order chi connectivity index (χ1) is 9.63. The summed E-state index contributed by atoms with van der Waals surface area (Å²) in [4.78, 5) is 11.5. The fraction of sp³-hybridized carbons (Fsp3) is 0.533. The van der Waals surface area contributed by atoms with Crippen LogP contribution in [0.15, 0.2) is 24.3 Å². The van der Waals surface area contributed by atoms with Crippen molar-refractivity contribution in [2.45, 2.75) is 38.1 Å². The van der Waals surface area contributed by atoms with E-state index in [2.05, 4.69) is 0 Å². The molecule has 0 aliphatic rings. The standard InChI is InChI=1S/C15H22ClNO3/c16-13-8-6-12(7-9-13)4-1-2-5-14(17)15(19)20-11-3-10-18/h6-9,14,18H,1-5,10-11,17H2. The third kappa shape index (κ3) is 6.89. The van der Waals surface area contributed by atoms with E-state index in [0.717, 1.165) is 24.3 Å². The minimum atomic E-state index is -0.570. The van der Waals surface area contributed by atoms with Gasteiger partial charge in [-0.25, -0.2) is 0 Å². The van der Waals surface area contributed by atoms with E-state index in [9.17, 15) is 4.79 Å². The number of carbonyl (C=O) groups is 1. The van der Waals surface area contributed by atoms with Gasteiger partial charge in [0.25, 0.3) is 0 Å². The number of unbranched alkanes of at least 4 members (excludes halogenated alkanes) is 1. The minimum absolute atomic E-state index is 0.0175. The van der Waals surface area contributed by atoms with Gasteiger partial charge in [-0.15, -0.1) is 0 Å². The molecule has 0 saturated carbocycles. The lowest BCUT2D eigenvalue weighted by molar-refractivity contribution is -0.145. The smallest absolute Gasteiger partial charge is 0.322 e. The number of esters is 1. The third-order valence-corrected chi connectivity index (χ3v) is 3.25. The molecule has 1 atom stereocenters. The number of halogens is 1. The Morgan fingerprint density at radius 2 is 1.95 bits per heavy atom. The van der Waals surface area contributed by atoms with Gasteiger partial charge in [0.2, 0.25) is 0 Å². The first-order valence-corrected chi connectivity index (χ1v) is 7.29. The highest BCUT2D eigenvalue weighted by atomic mass is 35.5. The van der Waals surface area contributed by atoms with Crippen molar-refractivity contribution in [3.63, 3.8) is 0 Å². The predicted molar refractivity (Wildman–Crippen MR) is 79.6 cm³/mol. The molecule has 20 heavy (non-hydrogen) atoms. The summed E-state index contributed by atoms with van der Waals surface area (Å²) in [5.41, 5.74) is 6.97. The second-order valence-corrected chi connectivity index (χ2v) is 5.16. The van der Waals surface area contributed by atoms with Crippen LogP contribution in [-0.2, 0) is 16.0 Å². The van der Waals surface area contributed by atoms with E-state index in [1.54, 1.807) is 0 Å². The zero-order valence-corrected chi connectivity index (χ0v) is 12.3. The number of aryl methyl sites for hydroxylation is 1. The van der Waals surface area contributed by atoms with Crippen LogP contribution in [0.1, 0.15) is 31.2 Å². The molecule has 112 valence electrons. The van der Waals surface area contributed by atoms with Crippen LogP contribution in [0.3, 0.4) is 0 Å². The Morgan fingerprint density at radius 3 is 2.60 bits per heavy atom. The maximum atomic E-state index is 11.5. The lowest BCUT2D eigenvalue weighted by atomic mass is 10.0. The molecule has 1 aromatic carbocycles. The van der Waals surface area contributed by atoms with Gasteiger partial charge in [0, 0.05) is 18.1 Å². The SMILES string of the molecule is NC(CCCCc1ccc(Cl)cc1)C(=O)OCCCO. The van der Waals surface area contributed by atoms with E-state index >= 15 is 0 Å². The zero-order valence-electron chi connectivity index (χ0n) is 11.6. The molecule has 0 aliphatic heterocycles. The third-order valence-electron chi connectivity index (χ3n) is 2.99. The lowest BCUT2D eigenvalue weighted by Crippen LogP contribution is -2.32. The molecule has 0 saturated heterocycles. The summed E-state index contributed by atoms with van der Waals surface area (Å²) in [7, 11) is 0. The molecule has 1 rings (SSSR count). The highest BCUT2D eigenvalue weighted by molar-refractivity contribution is 6.30. The summed E-state index contributed by atoms with van der Waals surface area (Å²) in [6.07, 6.45) is 3.86. The predicted octanol–water partition coefficient (Wildman–Crippen LogP) is 2.31. The molecule has 0 radical (unpaired) electrons. The van der Waals surface area contributed by atoms with Crippen LogP contribution in [0.4, 0.5) is 0 Å². The summed E-state index contributed by atoms with van der Waals surface area (Å²) >= 11 is 5.82. The van der Waals surface area contributed by atoms with E-state index < -0.39 is 6.04 Å². The molecule has 0 amide bonds. The first-order valence-electron chi connectivity index (χ1n) is 6.91. The average Bonchev–Trinajstić information content (AvgIpc) is 2.45. The number of ether oxygens (including phenoxy) is 1. The molecule has 0 aromatic heterocycles. The van der Waals surface area contributed by atoms with Gasteiger partial charge in [0.1, 0.15) is 6.04 Å². The molecule has 0 spiro atoms. The van der Waals surface area contributed by atoms with Crippen LogP contribution in [0.5, 0.6) is 0 Å². The lowest BCUT2D eigenvalue weighted by Gasteiger charge is -2.11. The quantitative estimate of drug-likeness (QED) is 0.542. The Labute approximate surface area is 124 Å². The van der Waals surface area contributed by atoms with Crippen molar-refractivity contribution >= 4 is 17.6 Å². The van der Waals surface area contributed by atoms with Crippen molar-refractivity contribution < 1.29 is 14.6 Å². The van der Waals surface area contributed by atoms with E-state index in [4.69, 9.17) is 27.2 Å². The molecule has 0 fully saturated rings. The molecule has 3 N–H and O–H groups in total. The summed E-state index contributed by atoms with van der Waals surface area (Å²) < 4.78 is 4.93. The van der Waals surface area contributed by atoms with E-state index in [-0.39, 0.29) is 19.2 Å². The number of hydrogen-bond donors (Lipinski definition) is 2. The van der Waals surface area contributed by atoms with Crippen LogP contribution in [0.25, 0.3) is 0 Å². The van der Waals surface area contributed by atoms with Crippen molar-refractivity contribution in [3.05, 3.63) is 34.9 Å². The molecule has 0 bridgehead atoms. The van der Waals surface area contributed by atoms with Crippen LogP contribution >= 0.6 is 11.6 Å². The van der Waals surface area contributed by atoms with Crippen LogP contribution < -0.4 is 5.73 Å². The fourth-order valence-corrected chi connectivity index (χ4v) is 1.93. The number of benzene rings is 1. The topological polar surface area (TPSA) is 72.6 Å². The molecule has 1 aromatic rings. The van der Waals surface area contributed by atoms with Gasteiger partial charge in [0.05, 0.1) is 6.61 Å². The van der Waals surface area contributed by atoms with Crippen molar-refractivity contribution in [1.29, 1.82) is 0 Å². The number of aliphatic hydroxyl groups is 1. The molecule has 5 heteroatoms. The van der Waals surface area contributed by atoms with Crippen LogP contribution in [0.2, 0.25) is 5.02 Å². The van der Waals surface area contributed by atoms with E-state index in [0.29, 0.717) is 12.8 Å². The molecule has 1 unspecified atom stereocenters. The van der Waals surface area contributed by atoms with Gasteiger partial charge < -0.3 is 15.6 Å². The van der Waals surface area contributed by atoms with Crippen molar-refractivity contribution in [2.24, 2.45) is 5.73 Å². The second kappa shape index (κ2) is 9.75. The number of aliphatic hydroxyl groups excluding tert-OH is 1. The largest absolute Gasteiger partial charge is 0.464 e. The van der Waals surface area contributed by atoms with Gasteiger partial charge in [-0.2, -0.15) is 0 Å².